The van der Waals surface area contributed by atoms with Crippen LogP contribution in [0.4, 0.5) is 0 Å². The smallest absolute Gasteiger partial charge is 0.115 e. The van der Waals surface area contributed by atoms with E-state index >= 15 is 0 Å². The Labute approximate surface area is 82.2 Å². The van der Waals surface area contributed by atoms with Crippen LogP contribution in [0.25, 0.3) is 11.4 Å². The molecular weight excluding hydrogens is 176 g/mol. The van der Waals surface area contributed by atoms with E-state index in [1.807, 2.05) is 25.1 Å². The fraction of sp³-hybridized carbons (Fsp3) is 0.200. The van der Waals surface area contributed by atoms with E-state index in [1.54, 1.807) is 6.20 Å². The van der Waals surface area contributed by atoms with E-state index in [4.69, 9.17) is 5.73 Å². The van der Waals surface area contributed by atoms with Crippen LogP contribution in [0.5, 0.6) is 0 Å². The fourth-order valence-electron chi connectivity index (χ4n) is 1.42. The number of hydrogen-bond acceptors (Lipinski definition) is 3. The van der Waals surface area contributed by atoms with Gasteiger partial charge in [0.1, 0.15) is 5.69 Å². The van der Waals surface area contributed by atoms with Crippen LogP contribution in [0.3, 0.4) is 0 Å². The summed E-state index contributed by atoms with van der Waals surface area (Å²) in [5, 5.41) is 7.11. The molecule has 0 aliphatic carbocycles. The Morgan fingerprint density at radius 3 is 2.93 bits per heavy atom. The topological polar surface area (TPSA) is 67.6 Å². The molecule has 0 saturated heterocycles. The van der Waals surface area contributed by atoms with Crippen LogP contribution in [0, 0.1) is 6.92 Å². The number of hydrogen-bond donors (Lipinski definition) is 2. The number of aromatic amines is 1. The van der Waals surface area contributed by atoms with Crippen molar-refractivity contribution < 1.29 is 0 Å². The molecule has 14 heavy (non-hydrogen) atoms. The van der Waals surface area contributed by atoms with Gasteiger partial charge in [0.2, 0.25) is 0 Å². The van der Waals surface area contributed by atoms with Crippen molar-refractivity contribution in [3.63, 3.8) is 0 Å². The molecule has 0 bridgehead atoms. The Morgan fingerprint density at radius 2 is 2.29 bits per heavy atom. The maximum Gasteiger partial charge on any atom is 0.115 e. The second-order valence-electron chi connectivity index (χ2n) is 3.09. The SMILES string of the molecule is Cc1[nH]nc(-c2ccccn2)c1CN. The minimum atomic E-state index is 0.480. The maximum absolute atomic E-state index is 5.65. The van der Waals surface area contributed by atoms with Gasteiger partial charge in [-0.25, -0.2) is 0 Å². The van der Waals surface area contributed by atoms with Crippen LogP contribution in [0.2, 0.25) is 0 Å². The van der Waals surface area contributed by atoms with Crippen molar-refractivity contribution in [2.45, 2.75) is 13.5 Å². The molecule has 0 radical (unpaired) electrons. The lowest BCUT2D eigenvalue weighted by Gasteiger charge is -1.98. The van der Waals surface area contributed by atoms with Crippen molar-refractivity contribution in [2.75, 3.05) is 0 Å². The average Bonchev–Trinajstić information content (AvgIpc) is 2.61. The lowest BCUT2D eigenvalue weighted by molar-refractivity contribution is 1.02. The molecule has 2 aromatic rings. The van der Waals surface area contributed by atoms with Crippen LogP contribution in [-0.2, 0) is 6.54 Å². The number of rotatable bonds is 2. The van der Waals surface area contributed by atoms with E-state index in [0.29, 0.717) is 6.54 Å². The standard InChI is InChI=1S/C10H12N4/c1-7-8(6-11)10(14-13-7)9-4-2-3-5-12-9/h2-5H,6,11H2,1H3,(H,13,14). The molecule has 0 fully saturated rings. The second kappa shape index (κ2) is 3.59. The van der Waals surface area contributed by atoms with Gasteiger partial charge in [0.05, 0.1) is 5.69 Å². The Kier molecular flexibility index (Phi) is 2.28. The fourth-order valence-corrected chi connectivity index (χ4v) is 1.42. The normalized spacial score (nSPS) is 10.4. The van der Waals surface area contributed by atoms with Gasteiger partial charge in [-0.1, -0.05) is 6.07 Å². The number of aryl methyl sites for hydroxylation is 1. The molecule has 0 aliphatic heterocycles. The van der Waals surface area contributed by atoms with E-state index in [0.717, 1.165) is 22.6 Å². The summed E-state index contributed by atoms with van der Waals surface area (Å²) < 4.78 is 0. The van der Waals surface area contributed by atoms with E-state index in [-0.39, 0.29) is 0 Å². The third-order valence-corrected chi connectivity index (χ3v) is 2.19. The number of aromatic nitrogens is 3. The molecular formula is C10H12N4. The van der Waals surface area contributed by atoms with Gasteiger partial charge in [-0.2, -0.15) is 5.10 Å². The first-order valence-electron chi connectivity index (χ1n) is 4.48. The van der Waals surface area contributed by atoms with Crippen LogP contribution in [0.15, 0.2) is 24.4 Å². The molecule has 0 amide bonds. The summed E-state index contributed by atoms with van der Waals surface area (Å²) in [4.78, 5) is 4.23. The minimum absolute atomic E-state index is 0.480. The number of pyridine rings is 1. The van der Waals surface area contributed by atoms with Crippen LogP contribution in [0.1, 0.15) is 11.3 Å². The predicted molar refractivity (Wildman–Crippen MR) is 54.4 cm³/mol. The quantitative estimate of drug-likeness (QED) is 0.745. The van der Waals surface area contributed by atoms with Crippen molar-refractivity contribution in [2.24, 2.45) is 5.73 Å². The third-order valence-electron chi connectivity index (χ3n) is 2.19. The predicted octanol–water partition coefficient (Wildman–Crippen LogP) is 1.24. The van der Waals surface area contributed by atoms with Gasteiger partial charge >= 0.3 is 0 Å². The van der Waals surface area contributed by atoms with Gasteiger partial charge in [-0.05, 0) is 19.1 Å². The van der Waals surface area contributed by atoms with Gasteiger partial charge in [-0.3, -0.25) is 10.1 Å². The molecule has 2 heterocycles. The molecule has 2 rings (SSSR count). The number of nitrogens with two attached hydrogens (primary N) is 1. The minimum Gasteiger partial charge on any atom is -0.326 e. The second-order valence-corrected chi connectivity index (χ2v) is 3.09. The van der Waals surface area contributed by atoms with Crippen LogP contribution < -0.4 is 5.73 Å². The molecule has 0 saturated carbocycles. The maximum atomic E-state index is 5.65. The number of nitrogens with one attached hydrogen (secondary N) is 1. The summed E-state index contributed by atoms with van der Waals surface area (Å²) in [7, 11) is 0. The van der Waals surface area contributed by atoms with E-state index < -0.39 is 0 Å². The van der Waals surface area contributed by atoms with E-state index in [1.165, 1.54) is 0 Å². The lowest BCUT2D eigenvalue weighted by atomic mass is 10.1. The van der Waals surface area contributed by atoms with Crippen LogP contribution >= 0.6 is 0 Å². The van der Waals surface area contributed by atoms with E-state index in [2.05, 4.69) is 15.2 Å². The highest BCUT2D eigenvalue weighted by atomic mass is 15.1. The first-order valence-corrected chi connectivity index (χ1v) is 4.48. The molecule has 3 N–H and O–H groups in total. The summed E-state index contributed by atoms with van der Waals surface area (Å²) in [5.74, 6) is 0. The van der Waals surface area contributed by atoms with Gasteiger partial charge in [0.15, 0.2) is 0 Å². The molecule has 4 nitrogen and oxygen atoms in total. The number of nitrogens with zero attached hydrogens (tertiary/aromatic N) is 2. The highest BCUT2D eigenvalue weighted by Crippen LogP contribution is 2.20. The Hall–Kier alpha value is -1.68. The molecule has 4 heteroatoms. The lowest BCUT2D eigenvalue weighted by Crippen LogP contribution is -1.99. The average molecular weight is 188 g/mol. The summed E-state index contributed by atoms with van der Waals surface area (Å²) in [6.45, 7) is 2.44. The first-order chi connectivity index (χ1) is 6.83. The third kappa shape index (κ3) is 1.40. The Morgan fingerprint density at radius 1 is 1.43 bits per heavy atom. The number of H-pyrrole nitrogens is 1. The van der Waals surface area contributed by atoms with Gasteiger partial charge in [0.25, 0.3) is 0 Å². The largest absolute Gasteiger partial charge is 0.326 e. The molecule has 0 aliphatic rings. The molecule has 0 atom stereocenters. The van der Waals surface area contributed by atoms with Crippen LogP contribution in [-0.4, -0.2) is 15.2 Å². The Bertz CT molecular complexity index is 419. The van der Waals surface area contributed by atoms with E-state index in [9.17, 15) is 0 Å². The molecule has 2 aromatic heterocycles. The molecule has 0 aromatic carbocycles. The summed E-state index contributed by atoms with van der Waals surface area (Å²) in [6, 6.07) is 5.74. The molecule has 0 spiro atoms. The molecule has 0 unspecified atom stereocenters. The van der Waals surface area contributed by atoms with Crippen molar-refractivity contribution in [3.8, 4) is 11.4 Å². The van der Waals surface area contributed by atoms with Crippen molar-refractivity contribution in [1.82, 2.24) is 15.2 Å². The zero-order valence-corrected chi connectivity index (χ0v) is 7.99. The van der Waals surface area contributed by atoms with Gasteiger partial charge < -0.3 is 5.73 Å². The summed E-state index contributed by atoms with van der Waals surface area (Å²) in [5.41, 5.74) is 9.40. The first kappa shape index (κ1) is 8.90. The van der Waals surface area contributed by atoms with Gasteiger partial charge in [0, 0.05) is 24.0 Å². The highest BCUT2D eigenvalue weighted by Gasteiger charge is 2.10. The monoisotopic (exact) mass is 188 g/mol. The van der Waals surface area contributed by atoms with Gasteiger partial charge in [-0.15, -0.1) is 0 Å². The van der Waals surface area contributed by atoms with Crippen molar-refractivity contribution >= 4 is 0 Å². The highest BCUT2D eigenvalue weighted by molar-refractivity contribution is 5.59. The zero-order chi connectivity index (χ0) is 9.97. The summed E-state index contributed by atoms with van der Waals surface area (Å²) >= 11 is 0. The Balaban J connectivity index is 2.52. The zero-order valence-electron chi connectivity index (χ0n) is 7.99. The summed E-state index contributed by atoms with van der Waals surface area (Å²) in [6.07, 6.45) is 1.75. The van der Waals surface area contributed by atoms with Crippen molar-refractivity contribution in [1.29, 1.82) is 0 Å². The van der Waals surface area contributed by atoms with Crippen molar-refractivity contribution in [3.05, 3.63) is 35.7 Å². The molecule has 72 valence electrons.